The molecule has 1 rings (SSSR count). The summed E-state index contributed by atoms with van der Waals surface area (Å²) in [6.45, 7) is 15.3. The predicted molar refractivity (Wildman–Crippen MR) is 207 cm³/mol. The number of ether oxygens (including phenoxy) is 8. The molecule has 0 aliphatic carbocycles. The van der Waals surface area contributed by atoms with Gasteiger partial charge in [0, 0.05) is 54.4 Å². The first-order valence-electron chi connectivity index (χ1n) is 19.1. The van der Waals surface area contributed by atoms with Crippen LogP contribution in [0, 0.1) is 11.3 Å². The van der Waals surface area contributed by atoms with Gasteiger partial charge in [0.15, 0.2) is 36.6 Å². The standard InChI is InChI=1S/C42H60O16/c1-25(23-21-19-17-15-13-12-14-16-18-20-22-24-42(9,10)11)33(51-26(2)43)34(52-27(3)44)35(53-28(4)45)36(54-29(5)46)37(55-30(6)47)38-39(56-31(7)48)40(41(50)58-38)57-32(8)49/h14-21,25,33-40H,12-13,22-24H2,1-11H3/b16-14-,17-15+,20-18+,21-19+. The van der Waals surface area contributed by atoms with Crippen LogP contribution in [-0.2, 0) is 76.3 Å². The van der Waals surface area contributed by atoms with Gasteiger partial charge in [-0.2, -0.15) is 0 Å². The van der Waals surface area contributed by atoms with Gasteiger partial charge in [-0.25, -0.2) is 4.79 Å². The molecule has 1 heterocycles. The van der Waals surface area contributed by atoms with Crippen LogP contribution in [0.25, 0.3) is 0 Å². The topological polar surface area (TPSA) is 210 Å². The van der Waals surface area contributed by atoms with Crippen LogP contribution in [0.2, 0.25) is 0 Å². The van der Waals surface area contributed by atoms with Crippen LogP contribution in [0.4, 0.5) is 0 Å². The second-order valence-electron chi connectivity index (χ2n) is 15.0. The molecule has 0 aromatic carbocycles. The molecule has 16 heteroatoms. The molecule has 0 bridgehead atoms. The maximum atomic E-state index is 13.0. The van der Waals surface area contributed by atoms with E-state index in [1.807, 2.05) is 24.3 Å². The lowest BCUT2D eigenvalue weighted by Crippen LogP contribution is -2.60. The number of carbonyl (C=O) groups excluding carboxylic acids is 8. The van der Waals surface area contributed by atoms with E-state index < -0.39 is 103 Å². The Balaban J connectivity index is 3.60. The molecule has 9 atom stereocenters. The zero-order chi connectivity index (χ0) is 44.2. The van der Waals surface area contributed by atoms with Crippen molar-refractivity contribution < 1.29 is 76.3 Å². The molecule has 1 fully saturated rings. The fourth-order valence-electron chi connectivity index (χ4n) is 5.93. The Hall–Kier alpha value is -5.28. The largest absolute Gasteiger partial charge is 0.458 e. The highest BCUT2D eigenvalue weighted by Crippen LogP contribution is 2.34. The summed E-state index contributed by atoms with van der Waals surface area (Å²) < 4.78 is 43.8. The van der Waals surface area contributed by atoms with Gasteiger partial charge < -0.3 is 37.9 Å². The SMILES string of the molecule is CC(=O)OC1C(=O)OC(C(OC(C)=O)C(OC(C)=O)C(OC(C)=O)C(OC(C)=O)C(OC(C)=O)C(C)C/C=C/C=C/CC/C=C\C=C\CCC(C)(C)C)C1OC(C)=O. The van der Waals surface area contributed by atoms with Crippen molar-refractivity contribution in [3.63, 3.8) is 0 Å². The molecule has 0 aromatic heterocycles. The Morgan fingerprint density at radius 1 is 0.569 bits per heavy atom. The van der Waals surface area contributed by atoms with Gasteiger partial charge in [0.1, 0.15) is 6.10 Å². The van der Waals surface area contributed by atoms with Gasteiger partial charge in [-0.3, -0.25) is 33.6 Å². The normalized spacial score (nSPS) is 20.1. The lowest BCUT2D eigenvalue weighted by atomic mass is 9.87. The van der Waals surface area contributed by atoms with Gasteiger partial charge in [-0.1, -0.05) is 76.3 Å². The van der Waals surface area contributed by atoms with Crippen molar-refractivity contribution in [2.24, 2.45) is 11.3 Å². The molecule has 0 spiro atoms. The van der Waals surface area contributed by atoms with Crippen LogP contribution in [0.3, 0.4) is 0 Å². The highest BCUT2D eigenvalue weighted by atomic mass is 16.7. The predicted octanol–water partition coefficient (Wildman–Crippen LogP) is 5.29. The lowest BCUT2D eigenvalue weighted by Gasteiger charge is -2.40. The molecular formula is C42H60O16. The first kappa shape index (κ1) is 50.7. The van der Waals surface area contributed by atoms with Crippen LogP contribution < -0.4 is 0 Å². The zero-order valence-electron chi connectivity index (χ0n) is 35.4. The third-order valence-electron chi connectivity index (χ3n) is 8.23. The maximum absolute atomic E-state index is 13.0. The lowest BCUT2D eigenvalue weighted by molar-refractivity contribution is -0.223. The van der Waals surface area contributed by atoms with Crippen LogP contribution >= 0.6 is 0 Å². The molecular weight excluding hydrogens is 760 g/mol. The average Bonchev–Trinajstić information content (AvgIpc) is 3.36. The van der Waals surface area contributed by atoms with Gasteiger partial charge in [0.05, 0.1) is 0 Å². The van der Waals surface area contributed by atoms with Crippen LogP contribution in [0.1, 0.15) is 108 Å². The number of carbonyl (C=O) groups is 8. The van der Waals surface area contributed by atoms with Crippen molar-refractivity contribution in [3.05, 3.63) is 48.6 Å². The minimum Gasteiger partial charge on any atom is -0.458 e. The van der Waals surface area contributed by atoms with Crippen molar-refractivity contribution >= 4 is 47.8 Å². The quantitative estimate of drug-likeness (QED) is 0.0588. The van der Waals surface area contributed by atoms with Crippen molar-refractivity contribution in [2.75, 3.05) is 0 Å². The molecule has 0 N–H and O–H groups in total. The summed E-state index contributed by atoms with van der Waals surface area (Å²) in [5, 5.41) is 0. The molecule has 324 valence electrons. The Kier molecular flexibility index (Phi) is 22.0. The summed E-state index contributed by atoms with van der Waals surface area (Å²) >= 11 is 0. The Morgan fingerprint density at radius 2 is 0.983 bits per heavy atom. The van der Waals surface area contributed by atoms with Crippen molar-refractivity contribution in [2.45, 2.75) is 157 Å². The monoisotopic (exact) mass is 820 g/mol. The molecule has 0 amide bonds. The molecule has 1 aliphatic heterocycles. The number of cyclic esters (lactones) is 1. The fourth-order valence-corrected chi connectivity index (χ4v) is 5.93. The van der Waals surface area contributed by atoms with E-state index in [0.717, 1.165) is 74.1 Å². The Labute approximate surface area is 340 Å². The summed E-state index contributed by atoms with van der Waals surface area (Å²) in [6, 6.07) is 0. The number of hydrogen-bond donors (Lipinski definition) is 0. The third-order valence-corrected chi connectivity index (χ3v) is 8.23. The van der Waals surface area contributed by atoms with Crippen molar-refractivity contribution in [3.8, 4) is 0 Å². The number of esters is 8. The van der Waals surface area contributed by atoms with Crippen LogP contribution in [0.15, 0.2) is 48.6 Å². The number of unbranched alkanes of at least 4 members (excludes halogenated alkanes) is 1. The molecule has 0 radical (unpaired) electrons. The van der Waals surface area contributed by atoms with E-state index in [9.17, 15) is 38.4 Å². The number of allylic oxidation sites excluding steroid dienone is 8. The zero-order valence-corrected chi connectivity index (χ0v) is 35.4. The smallest absolute Gasteiger partial charge is 0.352 e. The minimum atomic E-state index is -2.00. The maximum Gasteiger partial charge on any atom is 0.352 e. The van der Waals surface area contributed by atoms with Crippen molar-refractivity contribution in [1.82, 2.24) is 0 Å². The molecule has 0 saturated carbocycles. The molecule has 1 saturated heterocycles. The van der Waals surface area contributed by atoms with Gasteiger partial charge in [0.2, 0.25) is 6.10 Å². The van der Waals surface area contributed by atoms with E-state index in [2.05, 4.69) is 32.9 Å². The molecule has 0 aromatic rings. The van der Waals surface area contributed by atoms with Crippen molar-refractivity contribution in [1.29, 1.82) is 0 Å². The van der Waals surface area contributed by atoms with Gasteiger partial charge in [-0.15, -0.1) is 0 Å². The second-order valence-corrected chi connectivity index (χ2v) is 15.0. The second kappa shape index (κ2) is 25.2. The Bertz CT molecular complexity index is 1550. The average molecular weight is 821 g/mol. The van der Waals surface area contributed by atoms with E-state index in [0.29, 0.717) is 5.41 Å². The molecule has 1 aliphatic rings. The van der Waals surface area contributed by atoms with Gasteiger partial charge >= 0.3 is 47.8 Å². The van der Waals surface area contributed by atoms with E-state index in [-0.39, 0.29) is 6.42 Å². The molecule has 58 heavy (non-hydrogen) atoms. The molecule has 16 nitrogen and oxygen atoms in total. The van der Waals surface area contributed by atoms with E-state index in [1.165, 1.54) is 0 Å². The summed E-state index contributed by atoms with van der Waals surface area (Å²) in [4.78, 5) is 100. The fraction of sp³-hybridized carbons (Fsp3) is 0.619. The summed E-state index contributed by atoms with van der Waals surface area (Å²) in [5.74, 6) is -8.67. The van der Waals surface area contributed by atoms with Crippen LogP contribution in [-0.4, -0.2) is 96.6 Å². The van der Waals surface area contributed by atoms with Gasteiger partial charge in [0.25, 0.3) is 0 Å². The number of hydrogen-bond acceptors (Lipinski definition) is 16. The highest BCUT2D eigenvalue weighted by molar-refractivity contribution is 5.82. The summed E-state index contributed by atoms with van der Waals surface area (Å²) in [6.07, 6.45) is 5.04. The van der Waals surface area contributed by atoms with E-state index in [1.54, 1.807) is 19.1 Å². The first-order valence-corrected chi connectivity index (χ1v) is 19.1. The van der Waals surface area contributed by atoms with E-state index >= 15 is 0 Å². The van der Waals surface area contributed by atoms with Crippen LogP contribution in [0.5, 0.6) is 0 Å². The van der Waals surface area contributed by atoms with E-state index in [4.69, 9.17) is 37.9 Å². The Morgan fingerprint density at radius 3 is 1.43 bits per heavy atom. The van der Waals surface area contributed by atoms with Gasteiger partial charge in [-0.05, 0) is 37.5 Å². The molecule has 9 unspecified atom stereocenters. The summed E-state index contributed by atoms with van der Waals surface area (Å²) in [5.41, 5.74) is 0.291. The first-order chi connectivity index (χ1) is 27.0. The summed E-state index contributed by atoms with van der Waals surface area (Å²) in [7, 11) is 0. The highest BCUT2D eigenvalue weighted by Gasteiger charge is 2.59. The third kappa shape index (κ3) is 19.7. The number of rotatable bonds is 22. The minimum absolute atomic E-state index is 0.219.